The smallest absolute Gasteiger partial charge is 0.268 e. The molecule has 69 heavy (non-hydrogen) atoms. The van der Waals surface area contributed by atoms with Gasteiger partial charge < -0.3 is 28.8 Å². The SMILES string of the molecule is CC/C=C\C/C=C\C/C=C\C/C=C\C/C=C\C/C=C\CCCCC(=O)NC(COP(=O)([O-])OCC[N+](C)(C)C)C(O)/C=C/CCCCCCCCCCCCCCCCCCCCCCCCCC. The number of aliphatic hydroxyl groups is 1. The number of unbranched alkanes of at least 4 members (excludes halogenated alkanes) is 26. The van der Waals surface area contributed by atoms with Crippen molar-refractivity contribution in [3.8, 4) is 0 Å². The largest absolute Gasteiger partial charge is 0.756 e. The lowest BCUT2D eigenvalue weighted by Crippen LogP contribution is -2.45. The molecular formula is C60H109N2O6P. The quantitative estimate of drug-likeness (QED) is 0.0272. The molecule has 0 spiro atoms. The van der Waals surface area contributed by atoms with Crippen LogP contribution < -0.4 is 10.2 Å². The molecule has 0 fully saturated rings. The molecular weight excluding hydrogens is 876 g/mol. The Morgan fingerprint density at radius 1 is 0.522 bits per heavy atom. The van der Waals surface area contributed by atoms with Gasteiger partial charge in [-0.05, 0) is 70.6 Å². The number of phosphoric ester groups is 1. The Morgan fingerprint density at radius 2 is 0.884 bits per heavy atom. The van der Waals surface area contributed by atoms with Crippen LogP contribution in [0.4, 0.5) is 0 Å². The lowest BCUT2D eigenvalue weighted by atomic mass is 10.0. The van der Waals surface area contributed by atoms with Crippen molar-refractivity contribution in [1.29, 1.82) is 0 Å². The highest BCUT2D eigenvalue weighted by molar-refractivity contribution is 7.45. The van der Waals surface area contributed by atoms with E-state index >= 15 is 0 Å². The van der Waals surface area contributed by atoms with E-state index in [4.69, 9.17) is 9.05 Å². The molecule has 8 nitrogen and oxygen atoms in total. The number of amides is 1. The van der Waals surface area contributed by atoms with Gasteiger partial charge in [-0.3, -0.25) is 9.36 Å². The number of quaternary nitrogens is 1. The Kier molecular flexibility index (Phi) is 48.9. The maximum Gasteiger partial charge on any atom is 0.268 e. The van der Waals surface area contributed by atoms with E-state index in [-0.39, 0.29) is 18.9 Å². The number of aliphatic hydroxyl groups excluding tert-OH is 1. The first-order valence-corrected chi connectivity index (χ1v) is 29.9. The Labute approximate surface area is 426 Å². The number of hydrogen-bond acceptors (Lipinski definition) is 6. The third-order valence-corrected chi connectivity index (χ3v) is 13.3. The molecule has 0 aliphatic heterocycles. The van der Waals surface area contributed by atoms with Crippen LogP contribution in [0.1, 0.15) is 239 Å². The number of nitrogens with one attached hydrogen (secondary N) is 1. The maximum absolute atomic E-state index is 12.9. The van der Waals surface area contributed by atoms with Crippen molar-refractivity contribution < 1.29 is 32.9 Å². The van der Waals surface area contributed by atoms with Crippen LogP contribution in [0.5, 0.6) is 0 Å². The van der Waals surface area contributed by atoms with Gasteiger partial charge in [0.15, 0.2) is 0 Å². The second-order valence-electron chi connectivity index (χ2n) is 20.3. The zero-order valence-corrected chi connectivity index (χ0v) is 46.4. The molecule has 1 amide bonds. The van der Waals surface area contributed by atoms with E-state index in [9.17, 15) is 19.4 Å². The number of hydrogen-bond donors (Lipinski definition) is 2. The molecule has 9 heteroatoms. The average Bonchev–Trinajstić information content (AvgIpc) is 3.31. The Balaban J connectivity index is 4.31. The minimum Gasteiger partial charge on any atom is -0.756 e. The zero-order valence-electron chi connectivity index (χ0n) is 45.5. The summed E-state index contributed by atoms with van der Waals surface area (Å²) < 4.78 is 23.3. The van der Waals surface area contributed by atoms with Crippen molar-refractivity contribution in [3.05, 3.63) is 85.1 Å². The molecule has 0 aromatic heterocycles. The molecule has 0 aliphatic rings. The van der Waals surface area contributed by atoms with Crippen LogP contribution in [0.15, 0.2) is 85.1 Å². The summed E-state index contributed by atoms with van der Waals surface area (Å²) >= 11 is 0. The molecule has 0 bridgehead atoms. The van der Waals surface area contributed by atoms with Crippen molar-refractivity contribution in [3.63, 3.8) is 0 Å². The summed E-state index contributed by atoms with van der Waals surface area (Å²) in [5.41, 5.74) is 0. The fourth-order valence-electron chi connectivity index (χ4n) is 7.92. The molecule has 0 saturated carbocycles. The Bertz CT molecular complexity index is 1400. The van der Waals surface area contributed by atoms with E-state index in [1.54, 1.807) is 6.08 Å². The second-order valence-corrected chi connectivity index (χ2v) is 21.7. The summed E-state index contributed by atoms with van der Waals surface area (Å²) in [4.78, 5) is 25.5. The monoisotopic (exact) mass is 985 g/mol. The van der Waals surface area contributed by atoms with Crippen LogP contribution in [-0.4, -0.2) is 68.5 Å². The predicted octanol–water partition coefficient (Wildman–Crippen LogP) is 16.6. The van der Waals surface area contributed by atoms with Gasteiger partial charge >= 0.3 is 0 Å². The van der Waals surface area contributed by atoms with Crippen LogP contribution in [-0.2, 0) is 18.4 Å². The van der Waals surface area contributed by atoms with Crippen LogP contribution in [0, 0.1) is 0 Å². The third kappa shape index (κ3) is 53.3. The van der Waals surface area contributed by atoms with Gasteiger partial charge in [-0.15, -0.1) is 0 Å². The number of nitrogens with zero attached hydrogens (tertiary/aromatic N) is 1. The van der Waals surface area contributed by atoms with E-state index in [1.807, 2.05) is 27.2 Å². The first kappa shape index (κ1) is 66.7. The van der Waals surface area contributed by atoms with Crippen molar-refractivity contribution in [1.82, 2.24) is 5.32 Å². The summed E-state index contributed by atoms with van der Waals surface area (Å²) in [6, 6.07) is -0.916. The molecule has 0 radical (unpaired) electrons. The summed E-state index contributed by atoms with van der Waals surface area (Å²) in [5.74, 6) is -0.240. The molecule has 400 valence electrons. The van der Waals surface area contributed by atoms with Crippen molar-refractivity contribution in [2.24, 2.45) is 0 Å². The average molecular weight is 986 g/mol. The summed E-state index contributed by atoms with van der Waals surface area (Å²) in [6.07, 6.45) is 70.9. The molecule has 0 aromatic rings. The second kappa shape index (κ2) is 50.6. The first-order chi connectivity index (χ1) is 33.5. The van der Waals surface area contributed by atoms with E-state index in [1.165, 1.54) is 141 Å². The number of phosphoric acid groups is 1. The topological polar surface area (TPSA) is 108 Å². The number of carbonyl (C=O) groups is 1. The Morgan fingerprint density at radius 3 is 1.29 bits per heavy atom. The van der Waals surface area contributed by atoms with Gasteiger partial charge in [0.2, 0.25) is 5.91 Å². The highest BCUT2D eigenvalue weighted by atomic mass is 31.2. The Hall–Kier alpha value is -2.32. The predicted molar refractivity (Wildman–Crippen MR) is 297 cm³/mol. The van der Waals surface area contributed by atoms with Crippen LogP contribution >= 0.6 is 7.82 Å². The standard InChI is InChI=1S/C60H109N2O6P/c1-6-8-10-12-14-16-18-20-22-24-26-28-29-30-31-32-34-35-37-39-41-43-45-47-49-51-53-59(63)58(57-68-69(65,66)67-56-55-62(3,4)5)61-60(64)54-52-50-48-46-44-42-40-38-36-33-27-25-23-21-19-17-15-13-11-9-7-2/h9,11,15,17,21,23,27,33,38,40,44,46,51,53,58-59,63H,6-8,10,12-14,16,18-20,22,24-26,28-32,34-37,39,41-43,45,47-50,52,54-57H2,1-5H3,(H-,61,64,65,66)/b11-9-,17-15-,23-21-,33-27-,40-38-,46-44-,53-51+. The van der Waals surface area contributed by atoms with Gasteiger partial charge in [0.05, 0.1) is 39.9 Å². The van der Waals surface area contributed by atoms with Crippen LogP contribution in [0.3, 0.4) is 0 Å². The summed E-state index contributed by atoms with van der Waals surface area (Å²) in [5, 5.41) is 13.9. The minimum atomic E-state index is -4.62. The van der Waals surface area contributed by atoms with Gasteiger partial charge in [-0.2, -0.15) is 0 Å². The van der Waals surface area contributed by atoms with Gasteiger partial charge in [-0.1, -0.05) is 247 Å². The number of allylic oxidation sites excluding steroid dienone is 13. The minimum absolute atomic E-state index is 0.0138. The highest BCUT2D eigenvalue weighted by Crippen LogP contribution is 2.38. The molecule has 3 unspecified atom stereocenters. The highest BCUT2D eigenvalue weighted by Gasteiger charge is 2.23. The van der Waals surface area contributed by atoms with Gasteiger partial charge in [0.1, 0.15) is 13.2 Å². The molecule has 0 aromatic carbocycles. The molecule has 0 aliphatic carbocycles. The molecule has 0 heterocycles. The zero-order chi connectivity index (χ0) is 50.6. The fourth-order valence-corrected chi connectivity index (χ4v) is 8.64. The summed E-state index contributed by atoms with van der Waals surface area (Å²) in [6.45, 7) is 4.51. The molecule has 2 N–H and O–H groups in total. The van der Waals surface area contributed by atoms with Gasteiger partial charge in [-0.25, -0.2) is 0 Å². The van der Waals surface area contributed by atoms with E-state index in [0.29, 0.717) is 17.4 Å². The van der Waals surface area contributed by atoms with Crippen molar-refractivity contribution in [2.45, 2.75) is 251 Å². The van der Waals surface area contributed by atoms with Crippen LogP contribution in [0.25, 0.3) is 0 Å². The number of rotatable bonds is 51. The molecule has 0 rings (SSSR count). The fraction of sp³-hybridized carbons (Fsp3) is 0.750. The van der Waals surface area contributed by atoms with E-state index in [2.05, 4.69) is 92.1 Å². The first-order valence-electron chi connectivity index (χ1n) is 28.4. The lowest BCUT2D eigenvalue weighted by molar-refractivity contribution is -0.870. The van der Waals surface area contributed by atoms with Gasteiger partial charge in [0, 0.05) is 6.42 Å². The van der Waals surface area contributed by atoms with Crippen molar-refractivity contribution >= 4 is 13.7 Å². The number of carbonyl (C=O) groups excluding carboxylic acids is 1. The normalized spacial score (nSPS) is 14.6. The van der Waals surface area contributed by atoms with Crippen molar-refractivity contribution in [2.75, 3.05) is 40.9 Å². The van der Waals surface area contributed by atoms with E-state index < -0.39 is 26.6 Å². The summed E-state index contributed by atoms with van der Waals surface area (Å²) in [7, 11) is 1.22. The number of likely N-dealkylation sites (N-methyl/N-ethyl adjacent to an activating group) is 1. The molecule has 3 atom stereocenters. The maximum atomic E-state index is 12.9. The third-order valence-electron chi connectivity index (χ3n) is 12.4. The lowest BCUT2D eigenvalue weighted by Gasteiger charge is -2.29. The molecule has 0 saturated heterocycles. The van der Waals surface area contributed by atoms with Crippen LogP contribution in [0.2, 0.25) is 0 Å². The van der Waals surface area contributed by atoms with E-state index in [0.717, 1.165) is 70.6 Å². The van der Waals surface area contributed by atoms with Gasteiger partial charge in [0.25, 0.3) is 7.82 Å².